The second-order valence-electron chi connectivity index (χ2n) is 6.45. The highest BCUT2D eigenvalue weighted by atomic mass is 35.5. The van der Waals surface area contributed by atoms with Gasteiger partial charge in [-0.1, -0.05) is 41.9 Å². The van der Waals surface area contributed by atoms with Crippen molar-refractivity contribution < 1.29 is 14.7 Å². The summed E-state index contributed by atoms with van der Waals surface area (Å²) in [5.74, 6) is -1.03. The molecule has 1 aliphatic carbocycles. The number of rotatable bonds is 6. The molecule has 2 aromatic carbocycles. The maximum Gasteiger partial charge on any atom is 0.335 e. The molecule has 1 amide bonds. The number of amides is 1. The summed E-state index contributed by atoms with van der Waals surface area (Å²) in [6.45, 7) is 0. The van der Waals surface area contributed by atoms with Crippen molar-refractivity contribution in [3.8, 4) is 0 Å². The molecule has 0 aromatic heterocycles. The van der Waals surface area contributed by atoms with Crippen LogP contribution in [-0.2, 0) is 16.8 Å². The number of nitrogens with one attached hydrogen (secondary N) is 1. The third kappa shape index (κ3) is 3.85. The summed E-state index contributed by atoms with van der Waals surface area (Å²) in [4.78, 5) is 23.7. The van der Waals surface area contributed by atoms with E-state index < -0.39 is 5.97 Å². The van der Waals surface area contributed by atoms with Gasteiger partial charge in [-0.2, -0.15) is 0 Å². The lowest BCUT2D eigenvalue weighted by Crippen LogP contribution is -2.50. The lowest BCUT2D eigenvalue weighted by molar-refractivity contribution is -0.124. The van der Waals surface area contributed by atoms with Crippen LogP contribution >= 0.6 is 11.6 Å². The quantitative estimate of drug-likeness (QED) is 0.815. The summed E-state index contributed by atoms with van der Waals surface area (Å²) in [6.07, 6.45) is 3.56. The number of halogens is 1. The zero-order chi connectivity index (χ0) is 17.9. The molecule has 2 aromatic rings. The minimum absolute atomic E-state index is 0.0603. The highest BCUT2D eigenvalue weighted by molar-refractivity contribution is 6.30. The molecule has 0 radical (unpaired) electrons. The normalized spacial score (nSPS) is 15.2. The summed E-state index contributed by atoms with van der Waals surface area (Å²) >= 11 is 5.95. The molecule has 0 bridgehead atoms. The Morgan fingerprint density at radius 3 is 2.36 bits per heavy atom. The molecule has 0 heterocycles. The van der Waals surface area contributed by atoms with E-state index in [1.165, 1.54) is 0 Å². The Kier molecular flexibility index (Phi) is 5.09. The third-order valence-corrected chi connectivity index (χ3v) is 5.10. The van der Waals surface area contributed by atoms with Crippen molar-refractivity contribution in [1.29, 1.82) is 0 Å². The lowest BCUT2D eigenvalue weighted by Gasteiger charge is -2.43. The minimum atomic E-state index is -0.965. The van der Waals surface area contributed by atoms with Gasteiger partial charge in [-0.05, 0) is 55.0 Å². The second kappa shape index (κ2) is 7.28. The van der Waals surface area contributed by atoms with Crippen molar-refractivity contribution in [2.45, 2.75) is 37.6 Å². The van der Waals surface area contributed by atoms with Crippen LogP contribution in [0.15, 0.2) is 48.5 Å². The van der Waals surface area contributed by atoms with Crippen LogP contribution < -0.4 is 5.32 Å². The van der Waals surface area contributed by atoms with Gasteiger partial charge in [0.25, 0.3) is 0 Å². The number of aromatic carboxylic acids is 1. The molecule has 0 atom stereocenters. The zero-order valence-corrected chi connectivity index (χ0v) is 14.6. The van der Waals surface area contributed by atoms with Crippen molar-refractivity contribution >= 4 is 23.5 Å². The lowest BCUT2D eigenvalue weighted by atomic mass is 9.71. The Bertz CT molecular complexity index is 782. The van der Waals surface area contributed by atoms with E-state index >= 15 is 0 Å². The first kappa shape index (κ1) is 17.5. The van der Waals surface area contributed by atoms with Crippen molar-refractivity contribution in [3.05, 3.63) is 70.2 Å². The SMILES string of the molecule is O=C(CCc1ccccc1C(=O)O)NC1(c2ccc(Cl)cc2)CCC1. The number of carboxylic acids is 1. The van der Waals surface area contributed by atoms with Gasteiger partial charge in [0.05, 0.1) is 11.1 Å². The number of carbonyl (C=O) groups is 2. The molecular weight excluding hydrogens is 338 g/mol. The molecular formula is C20H20ClNO3. The van der Waals surface area contributed by atoms with E-state index in [4.69, 9.17) is 11.6 Å². The highest BCUT2D eigenvalue weighted by Crippen LogP contribution is 2.41. The number of carbonyl (C=O) groups excluding carboxylic acids is 1. The fourth-order valence-electron chi connectivity index (χ4n) is 3.31. The van der Waals surface area contributed by atoms with E-state index in [-0.39, 0.29) is 23.4 Å². The predicted octanol–water partition coefficient (Wildman–Crippen LogP) is 4.17. The topological polar surface area (TPSA) is 66.4 Å². The van der Waals surface area contributed by atoms with Gasteiger partial charge >= 0.3 is 5.97 Å². The zero-order valence-electron chi connectivity index (χ0n) is 13.8. The van der Waals surface area contributed by atoms with Crippen molar-refractivity contribution in [2.75, 3.05) is 0 Å². The van der Waals surface area contributed by atoms with E-state index in [1.54, 1.807) is 24.3 Å². The maximum absolute atomic E-state index is 12.5. The van der Waals surface area contributed by atoms with Crippen LogP contribution in [0.3, 0.4) is 0 Å². The molecule has 25 heavy (non-hydrogen) atoms. The van der Waals surface area contributed by atoms with Gasteiger partial charge in [0.15, 0.2) is 0 Å². The first-order valence-corrected chi connectivity index (χ1v) is 8.76. The van der Waals surface area contributed by atoms with Gasteiger partial charge in [0.1, 0.15) is 0 Å². The molecule has 1 aliphatic rings. The smallest absolute Gasteiger partial charge is 0.335 e. The molecule has 2 N–H and O–H groups in total. The fraction of sp³-hybridized carbons (Fsp3) is 0.300. The Labute approximate surface area is 151 Å². The van der Waals surface area contributed by atoms with Crippen LogP contribution in [0.4, 0.5) is 0 Å². The minimum Gasteiger partial charge on any atom is -0.478 e. The molecule has 130 valence electrons. The Morgan fingerprint density at radius 1 is 1.08 bits per heavy atom. The van der Waals surface area contributed by atoms with Crippen LogP contribution in [0.25, 0.3) is 0 Å². The first-order chi connectivity index (χ1) is 12.0. The summed E-state index contributed by atoms with van der Waals surface area (Å²) in [7, 11) is 0. The molecule has 0 unspecified atom stereocenters. The second-order valence-corrected chi connectivity index (χ2v) is 6.89. The number of carboxylic acid groups (broad SMARTS) is 1. The Balaban J connectivity index is 1.66. The van der Waals surface area contributed by atoms with E-state index in [9.17, 15) is 14.7 Å². The standard InChI is InChI=1S/C20H20ClNO3/c21-16-9-7-15(8-10-16)20(12-3-13-20)22-18(23)11-6-14-4-1-2-5-17(14)19(24)25/h1-2,4-5,7-10H,3,6,11-13H2,(H,22,23)(H,24,25). The summed E-state index contributed by atoms with van der Waals surface area (Å²) in [6, 6.07) is 14.4. The van der Waals surface area contributed by atoms with E-state index in [0.29, 0.717) is 17.0 Å². The maximum atomic E-state index is 12.5. The van der Waals surface area contributed by atoms with Gasteiger partial charge in [0.2, 0.25) is 5.91 Å². The van der Waals surface area contributed by atoms with Gasteiger partial charge in [-0.3, -0.25) is 4.79 Å². The Morgan fingerprint density at radius 2 is 1.76 bits per heavy atom. The van der Waals surface area contributed by atoms with E-state index in [2.05, 4.69) is 5.32 Å². The third-order valence-electron chi connectivity index (χ3n) is 4.85. The molecule has 3 rings (SSSR count). The average molecular weight is 358 g/mol. The first-order valence-electron chi connectivity index (χ1n) is 8.38. The summed E-state index contributed by atoms with van der Waals surface area (Å²) in [5, 5.41) is 13.1. The summed E-state index contributed by atoms with van der Waals surface area (Å²) < 4.78 is 0. The molecule has 1 fully saturated rings. The monoisotopic (exact) mass is 357 g/mol. The number of benzene rings is 2. The number of hydrogen-bond donors (Lipinski definition) is 2. The average Bonchev–Trinajstić information content (AvgIpc) is 2.57. The van der Waals surface area contributed by atoms with Crippen molar-refractivity contribution in [2.24, 2.45) is 0 Å². The highest BCUT2D eigenvalue weighted by Gasteiger charge is 2.39. The van der Waals surface area contributed by atoms with Crippen LogP contribution in [0, 0.1) is 0 Å². The fourth-order valence-corrected chi connectivity index (χ4v) is 3.44. The van der Waals surface area contributed by atoms with Crippen LogP contribution in [0.2, 0.25) is 5.02 Å². The summed E-state index contributed by atoms with van der Waals surface area (Å²) in [5.41, 5.74) is 1.70. The molecule has 0 aliphatic heterocycles. The van der Waals surface area contributed by atoms with Crippen LogP contribution in [0.5, 0.6) is 0 Å². The van der Waals surface area contributed by atoms with Crippen molar-refractivity contribution in [3.63, 3.8) is 0 Å². The molecule has 4 nitrogen and oxygen atoms in total. The van der Waals surface area contributed by atoms with E-state index in [1.807, 2.05) is 24.3 Å². The molecule has 1 saturated carbocycles. The van der Waals surface area contributed by atoms with Crippen LogP contribution in [-0.4, -0.2) is 17.0 Å². The van der Waals surface area contributed by atoms with Crippen molar-refractivity contribution in [1.82, 2.24) is 5.32 Å². The predicted molar refractivity (Wildman–Crippen MR) is 96.8 cm³/mol. The van der Waals surface area contributed by atoms with Gasteiger partial charge < -0.3 is 10.4 Å². The van der Waals surface area contributed by atoms with Gasteiger partial charge in [-0.15, -0.1) is 0 Å². The molecule has 0 spiro atoms. The molecule has 5 heteroatoms. The van der Waals surface area contributed by atoms with Crippen LogP contribution in [0.1, 0.15) is 47.2 Å². The molecule has 0 saturated heterocycles. The van der Waals surface area contributed by atoms with Gasteiger partial charge in [0, 0.05) is 11.4 Å². The van der Waals surface area contributed by atoms with E-state index in [0.717, 1.165) is 24.8 Å². The number of hydrogen-bond acceptors (Lipinski definition) is 2. The largest absolute Gasteiger partial charge is 0.478 e. The number of aryl methyl sites for hydroxylation is 1. The van der Waals surface area contributed by atoms with Gasteiger partial charge in [-0.25, -0.2) is 4.79 Å². The Hall–Kier alpha value is -2.33.